The molecule has 0 aromatic carbocycles. The summed E-state index contributed by atoms with van der Waals surface area (Å²) in [4.78, 5) is 18.9. The second kappa shape index (κ2) is 8.23. The van der Waals surface area contributed by atoms with E-state index in [1.807, 2.05) is 18.7 Å². The first kappa shape index (κ1) is 17.8. The van der Waals surface area contributed by atoms with Crippen molar-refractivity contribution in [2.75, 3.05) is 18.4 Å². The number of carbonyl (C=O) groups is 1. The van der Waals surface area contributed by atoms with Crippen LogP contribution in [0.2, 0.25) is 5.02 Å². The zero-order valence-electron chi connectivity index (χ0n) is 13.6. The van der Waals surface area contributed by atoms with Gasteiger partial charge in [-0.25, -0.2) is 4.98 Å². The molecule has 0 bridgehead atoms. The number of amides is 1. The van der Waals surface area contributed by atoms with Crippen molar-refractivity contribution < 1.29 is 4.79 Å². The Balaban J connectivity index is 3.02. The third kappa shape index (κ3) is 5.20. The zero-order chi connectivity index (χ0) is 16.0. The minimum Gasteiger partial charge on any atom is -0.370 e. The van der Waals surface area contributed by atoms with Crippen LogP contribution < -0.4 is 5.32 Å². The van der Waals surface area contributed by atoms with Crippen LogP contribution in [0.1, 0.15) is 51.5 Å². The number of carbonyl (C=O) groups excluding carboxylic acids is 1. The molecule has 1 rings (SSSR count). The van der Waals surface area contributed by atoms with Crippen LogP contribution >= 0.6 is 11.6 Å². The van der Waals surface area contributed by atoms with Gasteiger partial charge in [-0.15, -0.1) is 0 Å². The molecular weight excluding hydrogens is 286 g/mol. The molecule has 1 amide bonds. The summed E-state index contributed by atoms with van der Waals surface area (Å²) < 4.78 is 0. The third-order valence-electron chi connectivity index (χ3n) is 3.05. The summed E-state index contributed by atoms with van der Waals surface area (Å²) in [6.45, 7) is 11.8. The molecule has 0 aliphatic rings. The van der Waals surface area contributed by atoms with Gasteiger partial charge in [-0.1, -0.05) is 32.4 Å². The Bertz CT molecular complexity index is 475. The molecule has 1 aromatic rings. The molecule has 0 unspecified atom stereocenters. The fourth-order valence-electron chi connectivity index (χ4n) is 2.00. The second-order valence-corrected chi connectivity index (χ2v) is 6.31. The molecule has 0 aliphatic carbocycles. The fourth-order valence-corrected chi connectivity index (χ4v) is 2.19. The molecule has 4 nitrogen and oxygen atoms in total. The van der Waals surface area contributed by atoms with Crippen molar-refractivity contribution in [1.82, 2.24) is 9.88 Å². The molecule has 5 heteroatoms. The minimum atomic E-state index is -0.108. The Morgan fingerprint density at radius 1 is 1.33 bits per heavy atom. The molecule has 0 aliphatic heterocycles. The van der Waals surface area contributed by atoms with Gasteiger partial charge in [-0.2, -0.15) is 0 Å². The van der Waals surface area contributed by atoms with Crippen LogP contribution in [0.5, 0.6) is 0 Å². The van der Waals surface area contributed by atoms with E-state index in [1.165, 1.54) is 0 Å². The molecule has 118 valence electrons. The molecule has 0 radical (unpaired) electrons. The molecule has 0 saturated carbocycles. The average Bonchev–Trinajstić information content (AvgIpc) is 2.42. The first-order valence-corrected chi connectivity index (χ1v) is 7.96. The Hall–Kier alpha value is -1.29. The highest BCUT2D eigenvalue weighted by atomic mass is 35.5. The lowest BCUT2D eigenvalue weighted by atomic mass is 10.1. The van der Waals surface area contributed by atoms with Gasteiger partial charge in [-0.05, 0) is 38.3 Å². The number of pyridine rings is 1. The van der Waals surface area contributed by atoms with Crippen molar-refractivity contribution in [3.8, 4) is 0 Å². The third-order valence-corrected chi connectivity index (χ3v) is 3.36. The van der Waals surface area contributed by atoms with Crippen molar-refractivity contribution in [3.63, 3.8) is 0 Å². The number of halogens is 1. The van der Waals surface area contributed by atoms with Crippen molar-refractivity contribution in [1.29, 1.82) is 0 Å². The van der Waals surface area contributed by atoms with Crippen LogP contribution in [-0.4, -0.2) is 34.9 Å². The number of anilines is 1. The predicted octanol–water partition coefficient (Wildman–Crippen LogP) is 4.06. The number of aromatic nitrogens is 1. The highest BCUT2D eigenvalue weighted by Gasteiger charge is 2.23. The van der Waals surface area contributed by atoms with Gasteiger partial charge < -0.3 is 10.2 Å². The summed E-state index contributed by atoms with van der Waals surface area (Å²) in [5, 5.41) is 3.58. The summed E-state index contributed by atoms with van der Waals surface area (Å²) in [5.74, 6) is 0.984. The van der Waals surface area contributed by atoms with Crippen LogP contribution in [-0.2, 0) is 0 Å². The van der Waals surface area contributed by atoms with Crippen LogP contribution in [0.3, 0.4) is 0 Å². The SMILES string of the molecule is CCCNc1ccc(Cl)c(C(=O)N(CC(C)C)C(C)C)n1. The van der Waals surface area contributed by atoms with Gasteiger partial charge in [0.05, 0.1) is 5.02 Å². The van der Waals surface area contributed by atoms with Gasteiger partial charge in [0.2, 0.25) is 0 Å². The lowest BCUT2D eigenvalue weighted by Crippen LogP contribution is -2.40. The Labute approximate surface area is 132 Å². The molecule has 1 aromatic heterocycles. The van der Waals surface area contributed by atoms with E-state index in [2.05, 4.69) is 31.1 Å². The van der Waals surface area contributed by atoms with Crippen LogP contribution in [0.4, 0.5) is 5.82 Å². The Morgan fingerprint density at radius 2 is 2.00 bits per heavy atom. The average molecular weight is 312 g/mol. The summed E-state index contributed by atoms with van der Waals surface area (Å²) in [5.41, 5.74) is 0.326. The molecule has 0 atom stereocenters. The van der Waals surface area contributed by atoms with E-state index in [0.29, 0.717) is 29.0 Å². The topological polar surface area (TPSA) is 45.2 Å². The lowest BCUT2D eigenvalue weighted by molar-refractivity contribution is 0.0676. The van der Waals surface area contributed by atoms with E-state index in [0.717, 1.165) is 13.0 Å². The summed E-state index contributed by atoms with van der Waals surface area (Å²) in [6.07, 6.45) is 0.999. The molecule has 0 spiro atoms. The summed E-state index contributed by atoms with van der Waals surface area (Å²) in [6, 6.07) is 3.65. The lowest BCUT2D eigenvalue weighted by Gasteiger charge is -2.28. The highest BCUT2D eigenvalue weighted by molar-refractivity contribution is 6.33. The van der Waals surface area contributed by atoms with Gasteiger partial charge in [0.1, 0.15) is 11.5 Å². The van der Waals surface area contributed by atoms with Crippen LogP contribution in [0.25, 0.3) is 0 Å². The zero-order valence-corrected chi connectivity index (χ0v) is 14.4. The Morgan fingerprint density at radius 3 is 2.52 bits per heavy atom. The maximum Gasteiger partial charge on any atom is 0.274 e. The van der Waals surface area contributed by atoms with E-state index in [4.69, 9.17) is 11.6 Å². The fraction of sp³-hybridized carbons (Fsp3) is 0.625. The van der Waals surface area contributed by atoms with Gasteiger partial charge in [0, 0.05) is 19.1 Å². The monoisotopic (exact) mass is 311 g/mol. The van der Waals surface area contributed by atoms with E-state index in [1.54, 1.807) is 12.1 Å². The standard InChI is InChI=1S/C16H26ClN3O/c1-6-9-18-14-8-7-13(17)15(19-14)16(21)20(12(4)5)10-11(2)3/h7-8,11-12H,6,9-10H2,1-5H3,(H,18,19). The Kier molecular flexibility index (Phi) is 6.96. The normalized spacial score (nSPS) is 11.0. The maximum atomic E-state index is 12.7. The first-order chi connectivity index (χ1) is 9.86. The number of nitrogens with zero attached hydrogens (tertiary/aromatic N) is 2. The molecule has 1 heterocycles. The second-order valence-electron chi connectivity index (χ2n) is 5.90. The number of hydrogen-bond donors (Lipinski definition) is 1. The largest absolute Gasteiger partial charge is 0.370 e. The smallest absolute Gasteiger partial charge is 0.274 e. The van der Waals surface area contributed by atoms with Gasteiger partial charge >= 0.3 is 0 Å². The van der Waals surface area contributed by atoms with Crippen molar-refractivity contribution in [2.45, 2.75) is 47.1 Å². The van der Waals surface area contributed by atoms with E-state index in [9.17, 15) is 4.79 Å². The minimum absolute atomic E-state index is 0.108. The van der Waals surface area contributed by atoms with Gasteiger partial charge in [-0.3, -0.25) is 4.79 Å². The number of hydrogen-bond acceptors (Lipinski definition) is 3. The van der Waals surface area contributed by atoms with Crippen molar-refractivity contribution >= 4 is 23.3 Å². The first-order valence-electron chi connectivity index (χ1n) is 7.58. The molecule has 1 N–H and O–H groups in total. The number of rotatable bonds is 7. The highest BCUT2D eigenvalue weighted by Crippen LogP contribution is 2.20. The van der Waals surface area contributed by atoms with E-state index >= 15 is 0 Å². The van der Waals surface area contributed by atoms with Gasteiger partial charge in [0.25, 0.3) is 5.91 Å². The molecule has 0 saturated heterocycles. The van der Waals surface area contributed by atoms with E-state index < -0.39 is 0 Å². The predicted molar refractivity (Wildman–Crippen MR) is 89.0 cm³/mol. The van der Waals surface area contributed by atoms with E-state index in [-0.39, 0.29) is 11.9 Å². The maximum absolute atomic E-state index is 12.7. The van der Waals surface area contributed by atoms with Crippen LogP contribution in [0.15, 0.2) is 12.1 Å². The molecule has 21 heavy (non-hydrogen) atoms. The quantitative estimate of drug-likeness (QED) is 0.825. The van der Waals surface area contributed by atoms with Crippen LogP contribution in [0, 0.1) is 5.92 Å². The molecular formula is C16H26ClN3O. The van der Waals surface area contributed by atoms with Crippen molar-refractivity contribution in [3.05, 3.63) is 22.8 Å². The van der Waals surface area contributed by atoms with Crippen molar-refractivity contribution in [2.24, 2.45) is 5.92 Å². The summed E-state index contributed by atoms with van der Waals surface area (Å²) in [7, 11) is 0. The number of nitrogens with one attached hydrogen (secondary N) is 1. The van der Waals surface area contributed by atoms with Gasteiger partial charge in [0.15, 0.2) is 0 Å². The molecule has 0 fully saturated rings. The summed E-state index contributed by atoms with van der Waals surface area (Å²) >= 11 is 6.17.